The van der Waals surface area contributed by atoms with Gasteiger partial charge in [0.25, 0.3) is 0 Å². The van der Waals surface area contributed by atoms with Crippen LogP contribution in [0.4, 0.5) is 4.79 Å². The lowest BCUT2D eigenvalue weighted by molar-refractivity contribution is 0.0540. The molecule has 1 fully saturated rings. The average molecular weight is 434 g/mol. The number of carbonyl (C=O) groups is 1. The van der Waals surface area contributed by atoms with E-state index in [0.29, 0.717) is 18.9 Å². The molecule has 0 bridgehead atoms. The number of halogens is 1. The molecule has 0 aliphatic heterocycles. The highest BCUT2D eigenvalue weighted by atomic mass is 79.9. The SMILES string of the molecule is CC1=CC(Br)(C2CC2)CC(OCc2ccccc2)=C1NC(=O)OC(C)(C)C. The van der Waals surface area contributed by atoms with Crippen LogP contribution in [0.1, 0.15) is 52.5 Å². The highest BCUT2D eigenvalue weighted by molar-refractivity contribution is 9.10. The van der Waals surface area contributed by atoms with E-state index in [4.69, 9.17) is 9.47 Å². The van der Waals surface area contributed by atoms with Crippen LogP contribution in [0.2, 0.25) is 0 Å². The molecule has 2 aliphatic carbocycles. The third-order valence-electron chi connectivity index (χ3n) is 4.70. The largest absolute Gasteiger partial charge is 0.491 e. The summed E-state index contributed by atoms with van der Waals surface area (Å²) >= 11 is 3.94. The van der Waals surface area contributed by atoms with Gasteiger partial charge < -0.3 is 9.47 Å². The summed E-state index contributed by atoms with van der Waals surface area (Å²) in [5, 5.41) is 2.91. The molecular formula is C22H28BrNO3. The Morgan fingerprint density at radius 2 is 1.93 bits per heavy atom. The van der Waals surface area contributed by atoms with Gasteiger partial charge >= 0.3 is 6.09 Å². The number of carbonyl (C=O) groups excluding carboxylic acids is 1. The first-order valence-corrected chi connectivity index (χ1v) is 10.2. The number of benzene rings is 1. The van der Waals surface area contributed by atoms with Crippen molar-refractivity contribution in [1.29, 1.82) is 0 Å². The van der Waals surface area contributed by atoms with Crippen molar-refractivity contribution in [2.75, 3.05) is 0 Å². The van der Waals surface area contributed by atoms with Crippen molar-refractivity contribution >= 4 is 22.0 Å². The molecule has 1 amide bonds. The highest BCUT2D eigenvalue weighted by Gasteiger charge is 2.45. The summed E-state index contributed by atoms with van der Waals surface area (Å²) in [5.41, 5.74) is 2.27. The molecule has 1 unspecified atom stereocenters. The van der Waals surface area contributed by atoms with E-state index in [1.807, 2.05) is 58.0 Å². The first-order valence-electron chi connectivity index (χ1n) is 9.45. The minimum Gasteiger partial charge on any atom is -0.491 e. The van der Waals surface area contributed by atoms with Crippen LogP contribution < -0.4 is 5.32 Å². The number of hydrogen-bond acceptors (Lipinski definition) is 3. The van der Waals surface area contributed by atoms with Gasteiger partial charge in [0.1, 0.15) is 18.0 Å². The highest BCUT2D eigenvalue weighted by Crippen LogP contribution is 2.52. The molecule has 146 valence electrons. The van der Waals surface area contributed by atoms with Gasteiger partial charge in [0, 0.05) is 6.42 Å². The Balaban J connectivity index is 1.81. The maximum Gasteiger partial charge on any atom is 0.412 e. The topological polar surface area (TPSA) is 47.6 Å². The molecule has 0 radical (unpaired) electrons. The van der Waals surface area contributed by atoms with Gasteiger partial charge in [-0.1, -0.05) is 52.3 Å². The van der Waals surface area contributed by atoms with Gasteiger partial charge in [-0.15, -0.1) is 0 Å². The lowest BCUT2D eigenvalue weighted by Crippen LogP contribution is -2.36. The molecule has 0 heterocycles. The molecule has 0 aromatic heterocycles. The molecule has 1 atom stereocenters. The summed E-state index contributed by atoms with van der Waals surface area (Å²) < 4.78 is 11.5. The third-order valence-corrected chi connectivity index (χ3v) is 5.86. The number of rotatable bonds is 5. The van der Waals surface area contributed by atoms with Crippen molar-refractivity contribution < 1.29 is 14.3 Å². The Labute approximate surface area is 170 Å². The molecule has 3 rings (SSSR count). The fourth-order valence-corrected chi connectivity index (χ4v) is 4.36. The molecule has 0 saturated heterocycles. The maximum absolute atomic E-state index is 12.3. The van der Waals surface area contributed by atoms with E-state index < -0.39 is 11.7 Å². The molecule has 1 aromatic rings. The number of amides is 1. The molecular weight excluding hydrogens is 406 g/mol. The number of nitrogens with one attached hydrogen (secondary N) is 1. The molecule has 1 N–H and O–H groups in total. The van der Waals surface area contributed by atoms with Crippen LogP contribution in [0.25, 0.3) is 0 Å². The Kier molecular flexibility index (Phi) is 5.71. The maximum atomic E-state index is 12.3. The van der Waals surface area contributed by atoms with E-state index in [9.17, 15) is 4.79 Å². The Morgan fingerprint density at radius 1 is 1.26 bits per heavy atom. The minimum absolute atomic E-state index is 0.0950. The molecule has 0 spiro atoms. The van der Waals surface area contributed by atoms with Crippen molar-refractivity contribution in [2.45, 2.75) is 63.5 Å². The number of allylic oxidation sites excluding steroid dienone is 3. The molecule has 1 aromatic carbocycles. The van der Waals surface area contributed by atoms with Gasteiger partial charge in [-0.3, -0.25) is 5.32 Å². The summed E-state index contributed by atoms with van der Waals surface area (Å²) in [6.45, 7) is 8.04. The lowest BCUT2D eigenvalue weighted by Gasteiger charge is -2.33. The first-order chi connectivity index (χ1) is 12.7. The molecule has 1 saturated carbocycles. The molecule has 27 heavy (non-hydrogen) atoms. The van der Waals surface area contributed by atoms with Gasteiger partial charge in [-0.25, -0.2) is 4.79 Å². The van der Waals surface area contributed by atoms with E-state index in [2.05, 4.69) is 27.3 Å². The van der Waals surface area contributed by atoms with Crippen LogP contribution in [0, 0.1) is 5.92 Å². The predicted molar refractivity (Wildman–Crippen MR) is 110 cm³/mol. The third kappa shape index (κ3) is 5.38. The zero-order valence-corrected chi connectivity index (χ0v) is 18.1. The molecule has 2 aliphatic rings. The van der Waals surface area contributed by atoms with Crippen molar-refractivity contribution in [3.05, 3.63) is 59.0 Å². The molecule has 4 nitrogen and oxygen atoms in total. The monoisotopic (exact) mass is 433 g/mol. The van der Waals surface area contributed by atoms with E-state index in [1.54, 1.807) is 0 Å². The summed E-state index contributed by atoms with van der Waals surface area (Å²) in [6.07, 6.45) is 4.91. The number of alkyl carbamates (subject to hydrolysis) is 1. The Hall–Kier alpha value is -1.75. The van der Waals surface area contributed by atoms with Crippen molar-refractivity contribution in [3.63, 3.8) is 0 Å². The normalized spacial score (nSPS) is 22.9. The Bertz CT molecular complexity index is 760. The fraction of sp³-hybridized carbons (Fsp3) is 0.500. The predicted octanol–water partition coefficient (Wildman–Crippen LogP) is 5.83. The second-order valence-electron chi connectivity index (χ2n) is 8.40. The van der Waals surface area contributed by atoms with Gasteiger partial charge in [0.05, 0.1) is 10.0 Å². The minimum atomic E-state index is -0.546. The second kappa shape index (κ2) is 7.70. The lowest BCUT2D eigenvalue weighted by atomic mass is 9.89. The first kappa shape index (κ1) is 20.0. The van der Waals surface area contributed by atoms with E-state index in [1.165, 1.54) is 12.8 Å². The zero-order chi connectivity index (χ0) is 19.7. The van der Waals surface area contributed by atoms with Crippen molar-refractivity contribution in [1.82, 2.24) is 5.32 Å². The van der Waals surface area contributed by atoms with Gasteiger partial charge in [-0.2, -0.15) is 0 Å². The van der Waals surface area contributed by atoms with E-state index in [-0.39, 0.29) is 4.32 Å². The van der Waals surface area contributed by atoms with Crippen LogP contribution in [-0.4, -0.2) is 16.0 Å². The number of alkyl halides is 1. The number of ether oxygens (including phenoxy) is 2. The van der Waals surface area contributed by atoms with Gasteiger partial charge in [0.15, 0.2) is 0 Å². The second-order valence-corrected chi connectivity index (χ2v) is 9.88. The smallest absolute Gasteiger partial charge is 0.412 e. The van der Waals surface area contributed by atoms with Gasteiger partial charge in [-0.05, 0) is 57.6 Å². The van der Waals surface area contributed by atoms with Crippen molar-refractivity contribution in [2.24, 2.45) is 5.92 Å². The summed E-state index contributed by atoms with van der Waals surface area (Å²) in [5.74, 6) is 1.42. The number of hydrogen-bond donors (Lipinski definition) is 1. The van der Waals surface area contributed by atoms with Crippen LogP contribution in [0.5, 0.6) is 0 Å². The van der Waals surface area contributed by atoms with E-state index >= 15 is 0 Å². The van der Waals surface area contributed by atoms with Crippen LogP contribution in [0.15, 0.2) is 53.4 Å². The molecule has 5 heteroatoms. The summed E-state index contributed by atoms with van der Waals surface area (Å²) in [6, 6.07) is 10.1. The van der Waals surface area contributed by atoms with Crippen LogP contribution in [0.3, 0.4) is 0 Å². The zero-order valence-electron chi connectivity index (χ0n) is 16.5. The standard InChI is InChI=1S/C22H28BrNO3/c1-15-12-22(23,17-10-11-17)13-18(26-14-16-8-6-5-7-9-16)19(15)24-20(25)27-21(2,3)4/h5-9,12,17H,10-11,13-14H2,1-4H3,(H,24,25). The Morgan fingerprint density at radius 3 is 2.52 bits per heavy atom. The fourth-order valence-electron chi connectivity index (χ4n) is 3.30. The van der Waals surface area contributed by atoms with Gasteiger partial charge in [0.2, 0.25) is 0 Å². The summed E-state index contributed by atoms with van der Waals surface area (Å²) in [4.78, 5) is 12.3. The quantitative estimate of drug-likeness (QED) is 0.593. The van der Waals surface area contributed by atoms with Crippen LogP contribution in [-0.2, 0) is 16.1 Å². The summed E-state index contributed by atoms with van der Waals surface area (Å²) in [7, 11) is 0. The average Bonchev–Trinajstić information content (AvgIpc) is 3.40. The van der Waals surface area contributed by atoms with E-state index in [0.717, 1.165) is 22.6 Å². The van der Waals surface area contributed by atoms with Crippen molar-refractivity contribution in [3.8, 4) is 0 Å². The van der Waals surface area contributed by atoms with Crippen LogP contribution >= 0.6 is 15.9 Å².